The van der Waals surface area contributed by atoms with Gasteiger partial charge >= 0.3 is 0 Å². The van der Waals surface area contributed by atoms with Crippen LogP contribution in [0.15, 0.2) is 20.4 Å². The smallest absolute Gasteiger partial charge is 0.290 e. The predicted octanol–water partition coefficient (Wildman–Crippen LogP) is -5.82. The Kier molecular flexibility index (Phi) is 11.4. The summed E-state index contributed by atoms with van der Waals surface area (Å²) in [6, 6.07) is 0. The van der Waals surface area contributed by atoms with Crippen LogP contribution < -0.4 is 54.4 Å². The Balaban J connectivity index is 1.60. The van der Waals surface area contributed by atoms with Crippen LogP contribution in [0, 0.1) is 0 Å². The second kappa shape index (κ2) is 14.8. The molecule has 0 bridgehead atoms. The van der Waals surface area contributed by atoms with Gasteiger partial charge in [-0.05, 0) is 32.4 Å². The molecule has 0 saturated heterocycles. The van der Waals surface area contributed by atoms with E-state index in [0.717, 1.165) is 0 Å². The third-order valence-corrected chi connectivity index (χ3v) is 4.21. The summed E-state index contributed by atoms with van der Waals surface area (Å²) in [5.41, 5.74) is 20.3. The summed E-state index contributed by atoms with van der Waals surface area (Å²) in [6.07, 6.45) is 1.64. The van der Waals surface area contributed by atoms with E-state index in [4.69, 9.17) is 11.5 Å². The summed E-state index contributed by atoms with van der Waals surface area (Å²) in [5, 5.41) is 25.4. The molecule has 0 spiro atoms. The van der Waals surface area contributed by atoms with Crippen molar-refractivity contribution >= 4 is 47.0 Å². The fraction of sp³-hybridized carbons (Fsp3) is 0.529. The molecule has 0 aromatic rings. The lowest BCUT2D eigenvalue weighted by Crippen LogP contribution is -2.49. The zero-order chi connectivity index (χ0) is 25.5. The molecule has 0 aromatic heterocycles. The van der Waals surface area contributed by atoms with Gasteiger partial charge in [-0.1, -0.05) is 0 Å². The molecular formula is C17H30N14O4. The van der Waals surface area contributed by atoms with Crippen molar-refractivity contribution in [1.29, 1.82) is 0 Å². The van der Waals surface area contributed by atoms with Gasteiger partial charge in [0.15, 0.2) is 0 Å². The van der Waals surface area contributed by atoms with Crippen molar-refractivity contribution in [2.45, 2.75) is 19.3 Å². The number of hydrogen-bond acceptors (Lipinski definition) is 14. The zero-order valence-electron chi connectivity index (χ0n) is 18.9. The Labute approximate surface area is 200 Å². The Morgan fingerprint density at radius 1 is 0.514 bits per heavy atom. The zero-order valence-corrected chi connectivity index (χ0v) is 18.9. The highest BCUT2D eigenvalue weighted by Crippen LogP contribution is 1.88. The SMILES string of the molecule is NCCCNC(=O)C1=NNC(C(=O)NCCCNC(=O)C2=NNC(C(=O)NCCCN)=NN2)=NN1. The van der Waals surface area contributed by atoms with Crippen molar-refractivity contribution in [3.8, 4) is 0 Å². The summed E-state index contributed by atoms with van der Waals surface area (Å²) in [7, 11) is 0. The molecule has 2 heterocycles. The molecule has 18 nitrogen and oxygen atoms in total. The van der Waals surface area contributed by atoms with Gasteiger partial charge in [0.1, 0.15) is 0 Å². The van der Waals surface area contributed by atoms with Crippen LogP contribution in [0.5, 0.6) is 0 Å². The van der Waals surface area contributed by atoms with Gasteiger partial charge in [0.25, 0.3) is 23.6 Å². The molecule has 0 radical (unpaired) electrons. The van der Waals surface area contributed by atoms with Gasteiger partial charge in [-0.3, -0.25) is 40.9 Å². The molecule has 0 atom stereocenters. The minimum absolute atomic E-state index is 0.0845. The van der Waals surface area contributed by atoms with Gasteiger partial charge in [0.05, 0.1) is 0 Å². The quantitative estimate of drug-likeness (QED) is 0.102. The first-order chi connectivity index (χ1) is 17.0. The molecule has 2 aliphatic rings. The second-order valence-electron chi connectivity index (χ2n) is 6.95. The number of rotatable bonds is 14. The van der Waals surface area contributed by atoms with Gasteiger partial charge in [-0.2, -0.15) is 0 Å². The molecule has 2 aliphatic heterocycles. The molecule has 18 heteroatoms. The molecule has 35 heavy (non-hydrogen) atoms. The highest BCUT2D eigenvalue weighted by molar-refractivity contribution is 6.43. The van der Waals surface area contributed by atoms with Gasteiger partial charge in [-0.25, -0.2) is 0 Å². The number of nitrogens with two attached hydrogens (primary N) is 2. The van der Waals surface area contributed by atoms with Gasteiger partial charge < -0.3 is 32.7 Å². The normalized spacial score (nSPS) is 14.2. The fourth-order valence-electron chi connectivity index (χ4n) is 2.38. The molecule has 0 fully saturated rings. The number of hydrazone groups is 4. The van der Waals surface area contributed by atoms with Crippen molar-refractivity contribution < 1.29 is 19.2 Å². The first-order valence-corrected chi connectivity index (χ1v) is 10.8. The van der Waals surface area contributed by atoms with Crippen LogP contribution in [0.25, 0.3) is 0 Å². The average molecular weight is 495 g/mol. The third kappa shape index (κ3) is 9.21. The van der Waals surface area contributed by atoms with Crippen molar-refractivity contribution in [3.63, 3.8) is 0 Å². The topological polar surface area (TPSA) is 266 Å². The van der Waals surface area contributed by atoms with Crippen LogP contribution in [0.4, 0.5) is 0 Å². The maximum atomic E-state index is 12.1. The molecule has 192 valence electrons. The van der Waals surface area contributed by atoms with Crippen LogP contribution in [-0.2, 0) is 19.2 Å². The van der Waals surface area contributed by atoms with E-state index in [9.17, 15) is 19.2 Å². The van der Waals surface area contributed by atoms with E-state index < -0.39 is 23.6 Å². The Bertz CT molecular complexity index is 840. The minimum Gasteiger partial charge on any atom is -0.349 e. The van der Waals surface area contributed by atoms with Crippen molar-refractivity contribution in [2.24, 2.45) is 31.9 Å². The maximum absolute atomic E-state index is 12.1. The van der Waals surface area contributed by atoms with Crippen molar-refractivity contribution in [3.05, 3.63) is 0 Å². The molecule has 0 aromatic carbocycles. The van der Waals surface area contributed by atoms with E-state index in [-0.39, 0.29) is 36.4 Å². The molecular weight excluding hydrogens is 464 g/mol. The van der Waals surface area contributed by atoms with E-state index >= 15 is 0 Å². The molecule has 0 unspecified atom stereocenters. The molecule has 0 saturated carbocycles. The first kappa shape index (κ1) is 26.9. The van der Waals surface area contributed by atoms with Crippen molar-refractivity contribution in [2.75, 3.05) is 39.3 Å². The number of carbonyl (C=O) groups is 4. The fourth-order valence-corrected chi connectivity index (χ4v) is 2.38. The van der Waals surface area contributed by atoms with E-state index in [1.807, 2.05) is 0 Å². The number of amides is 4. The highest BCUT2D eigenvalue weighted by atomic mass is 16.2. The number of nitrogens with zero attached hydrogens (tertiary/aromatic N) is 4. The Hall–Kier alpha value is -4.32. The molecule has 2 rings (SSSR count). The Morgan fingerprint density at radius 2 is 0.771 bits per heavy atom. The van der Waals surface area contributed by atoms with Crippen molar-refractivity contribution in [1.82, 2.24) is 43.0 Å². The highest BCUT2D eigenvalue weighted by Gasteiger charge is 2.20. The van der Waals surface area contributed by atoms with Crippen LogP contribution in [0.1, 0.15) is 19.3 Å². The van der Waals surface area contributed by atoms with E-state index in [0.29, 0.717) is 45.4 Å². The number of carbonyl (C=O) groups excluding carboxylic acids is 4. The minimum atomic E-state index is -0.552. The summed E-state index contributed by atoms with van der Waals surface area (Å²) in [4.78, 5) is 47.8. The van der Waals surface area contributed by atoms with E-state index in [2.05, 4.69) is 63.4 Å². The van der Waals surface area contributed by atoms with Gasteiger partial charge in [-0.15, -0.1) is 20.4 Å². The standard InChI is InChI=1S/C17H30N14O4/c18-4-1-6-20-14(32)10-24-28-12(29-25-10)16(34)22-8-3-9-23-17(35)13-30-26-11(27-31-13)15(33)21-7-2-5-19/h1-9,18-19H2,(H,20,32)(H,21,33)(H,22,34)(H,23,35)(H,24,25)(H,26,27)(H,28,29)(H,30,31). The van der Waals surface area contributed by atoms with Gasteiger partial charge in [0, 0.05) is 26.2 Å². The lowest BCUT2D eigenvalue weighted by atomic mass is 10.4. The number of amidine groups is 4. The third-order valence-electron chi connectivity index (χ3n) is 4.21. The average Bonchev–Trinajstić information content (AvgIpc) is 2.88. The molecule has 12 N–H and O–H groups in total. The van der Waals surface area contributed by atoms with E-state index in [1.54, 1.807) is 0 Å². The summed E-state index contributed by atoms with van der Waals surface area (Å²) in [6.45, 7) is 2.12. The lowest BCUT2D eigenvalue weighted by molar-refractivity contribution is -0.116. The predicted molar refractivity (Wildman–Crippen MR) is 126 cm³/mol. The lowest BCUT2D eigenvalue weighted by Gasteiger charge is -2.15. The van der Waals surface area contributed by atoms with Gasteiger partial charge in [0.2, 0.25) is 23.3 Å². The summed E-state index contributed by atoms with van der Waals surface area (Å²) >= 11 is 0. The first-order valence-electron chi connectivity index (χ1n) is 10.8. The van der Waals surface area contributed by atoms with Crippen LogP contribution >= 0.6 is 0 Å². The Morgan fingerprint density at radius 3 is 1.00 bits per heavy atom. The number of hydrogen-bond donors (Lipinski definition) is 10. The summed E-state index contributed by atoms with van der Waals surface area (Å²) < 4.78 is 0. The number of nitrogens with one attached hydrogen (secondary N) is 8. The van der Waals surface area contributed by atoms with Crippen LogP contribution in [0.3, 0.4) is 0 Å². The molecule has 0 aliphatic carbocycles. The monoisotopic (exact) mass is 494 g/mol. The van der Waals surface area contributed by atoms with E-state index in [1.165, 1.54) is 0 Å². The molecule has 4 amide bonds. The van der Waals surface area contributed by atoms with Crippen LogP contribution in [0.2, 0.25) is 0 Å². The largest absolute Gasteiger partial charge is 0.349 e. The summed E-state index contributed by atoms with van der Waals surface area (Å²) in [5.74, 6) is -2.49. The maximum Gasteiger partial charge on any atom is 0.290 e. The van der Waals surface area contributed by atoms with Crippen LogP contribution in [-0.4, -0.2) is 86.2 Å². The second-order valence-corrected chi connectivity index (χ2v) is 6.95.